The first kappa shape index (κ1) is 21.3. The summed E-state index contributed by atoms with van der Waals surface area (Å²) in [4.78, 5) is 29.0. The van der Waals surface area contributed by atoms with Crippen molar-refractivity contribution in [3.63, 3.8) is 0 Å². The Balaban J connectivity index is 1.44. The van der Waals surface area contributed by atoms with Gasteiger partial charge in [-0.05, 0) is 29.8 Å². The molecule has 2 aromatic carbocycles. The van der Waals surface area contributed by atoms with E-state index in [1.807, 2.05) is 36.5 Å². The van der Waals surface area contributed by atoms with Gasteiger partial charge in [-0.2, -0.15) is 5.10 Å². The van der Waals surface area contributed by atoms with Crippen LogP contribution in [0.2, 0.25) is 0 Å². The van der Waals surface area contributed by atoms with Gasteiger partial charge in [0, 0.05) is 23.7 Å². The zero-order valence-electron chi connectivity index (χ0n) is 17.4. The summed E-state index contributed by atoms with van der Waals surface area (Å²) in [5.74, 6) is -0.402. The Morgan fingerprint density at radius 1 is 1.12 bits per heavy atom. The van der Waals surface area contributed by atoms with E-state index in [1.165, 1.54) is 25.6 Å². The highest BCUT2D eigenvalue weighted by molar-refractivity contribution is 7.13. The molecule has 4 aromatic rings. The molecular formula is C23H20N4O4S. The highest BCUT2D eigenvalue weighted by Crippen LogP contribution is 2.24. The smallest absolute Gasteiger partial charge is 0.341 e. The molecule has 0 atom stereocenters. The zero-order valence-corrected chi connectivity index (χ0v) is 18.3. The molecule has 0 saturated carbocycles. The normalized spacial score (nSPS) is 10.6. The summed E-state index contributed by atoms with van der Waals surface area (Å²) in [6.07, 6.45) is 3.60. The summed E-state index contributed by atoms with van der Waals surface area (Å²) < 4.78 is 11.7. The number of thiazole rings is 1. The third kappa shape index (κ3) is 4.52. The minimum atomic E-state index is -0.504. The lowest BCUT2D eigenvalue weighted by Crippen LogP contribution is -2.23. The van der Waals surface area contributed by atoms with Crippen LogP contribution in [0.3, 0.4) is 0 Å². The summed E-state index contributed by atoms with van der Waals surface area (Å²) in [5, 5.41) is 9.61. The number of para-hydroxylation sites is 1. The third-order valence-corrected chi connectivity index (χ3v) is 5.60. The van der Waals surface area contributed by atoms with Gasteiger partial charge in [0.15, 0.2) is 0 Å². The number of nitrogens with zero attached hydrogens (tertiary/aromatic N) is 3. The molecule has 162 valence electrons. The molecule has 0 unspecified atom stereocenters. The van der Waals surface area contributed by atoms with Crippen LogP contribution in [0.1, 0.15) is 26.4 Å². The molecule has 0 saturated heterocycles. The molecule has 9 heteroatoms. The maximum absolute atomic E-state index is 12.6. The van der Waals surface area contributed by atoms with E-state index < -0.39 is 5.97 Å². The molecule has 0 aliphatic carbocycles. The van der Waals surface area contributed by atoms with Gasteiger partial charge in [0.25, 0.3) is 5.91 Å². The summed E-state index contributed by atoms with van der Waals surface area (Å²) in [6, 6.07) is 14.8. The second-order valence-electron chi connectivity index (χ2n) is 6.76. The zero-order chi connectivity index (χ0) is 22.5. The van der Waals surface area contributed by atoms with Gasteiger partial charge < -0.3 is 14.8 Å². The van der Waals surface area contributed by atoms with Crippen molar-refractivity contribution in [1.82, 2.24) is 20.1 Å². The van der Waals surface area contributed by atoms with Gasteiger partial charge in [0.05, 0.1) is 26.1 Å². The number of aromatic nitrogens is 3. The third-order valence-electron chi connectivity index (χ3n) is 4.71. The second-order valence-corrected chi connectivity index (χ2v) is 7.61. The maximum atomic E-state index is 12.6. The number of methoxy groups -OCH3 is 2. The summed E-state index contributed by atoms with van der Waals surface area (Å²) in [6.45, 7) is 0.228. The highest BCUT2D eigenvalue weighted by Gasteiger charge is 2.16. The summed E-state index contributed by atoms with van der Waals surface area (Å²) in [7, 11) is 2.78. The Bertz CT molecular complexity index is 1250. The average molecular weight is 449 g/mol. The molecule has 32 heavy (non-hydrogen) atoms. The van der Waals surface area contributed by atoms with Crippen LogP contribution in [-0.4, -0.2) is 40.9 Å². The quantitative estimate of drug-likeness (QED) is 0.433. The topological polar surface area (TPSA) is 95.3 Å². The molecule has 4 rings (SSSR count). The number of esters is 1. The Labute approximate surface area is 188 Å². The first-order chi connectivity index (χ1) is 15.6. The molecule has 8 nitrogen and oxygen atoms in total. The lowest BCUT2D eigenvalue weighted by atomic mass is 10.1. The first-order valence-corrected chi connectivity index (χ1v) is 10.6. The Morgan fingerprint density at radius 2 is 1.94 bits per heavy atom. The van der Waals surface area contributed by atoms with Crippen molar-refractivity contribution in [2.24, 2.45) is 0 Å². The second kappa shape index (κ2) is 9.44. The molecule has 0 spiro atoms. The highest BCUT2D eigenvalue weighted by atomic mass is 32.1. The van der Waals surface area contributed by atoms with Crippen molar-refractivity contribution in [2.45, 2.75) is 6.54 Å². The minimum Gasteiger partial charge on any atom is -0.496 e. The van der Waals surface area contributed by atoms with E-state index >= 15 is 0 Å². The SMILES string of the molecule is COC(=O)c1cc(CNC(=O)c2csc(-c3cnn(-c4ccccc4)c3)n2)ccc1OC. The molecule has 0 aliphatic rings. The fraction of sp³-hybridized carbons (Fsp3) is 0.130. The van der Waals surface area contributed by atoms with Gasteiger partial charge >= 0.3 is 5.97 Å². The number of ether oxygens (including phenoxy) is 2. The number of carbonyl (C=O) groups excluding carboxylic acids is 2. The number of hydrogen-bond donors (Lipinski definition) is 1. The van der Waals surface area contributed by atoms with Crippen LogP contribution in [0.4, 0.5) is 0 Å². The number of benzene rings is 2. The monoisotopic (exact) mass is 448 g/mol. The van der Waals surface area contributed by atoms with E-state index in [9.17, 15) is 9.59 Å². The fourth-order valence-corrected chi connectivity index (χ4v) is 3.85. The number of nitrogens with one attached hydrogen (secondary N) is 1. The van der Waals surface area contributed by atoms with Gasteiger partial charge in [0.1, 0.15) is 22.0 Å². The predicted molar refractivity (Wildman–Crippen MR) is 120 cm³/mol. The predicted octanol–water partition coefficient (Wildman–Crippen LogP) is 3.72. The van der Waals surface area contributed by atoms with Crippen LogP contribution in [0, 0.1) is 0 Å². The first-order valence-electron chi connectivity index (χ1n) is 9.68. The fourth-order valence-electron chi connectivity index (χ4n) is 3.07. The van der Waals surface area contributed by atoms with Crippen LogP contribution >= 0.6 is 11.3 Å². The van der Waals surface area contributed by atoms with Crippen LogP contribution in [0.5, 0.6) is 5.75 Å². The number of carbonyl (C=O) groups is 2. The molecule has 0 fully saturated rings. The van der Waals surface area contributed by atoms with E-state index in [1.54, 1.807) is 34.5 Å². The van der Waals surface area contributed by atoms with Crippen LogP contribution in [-0.2, 0) is 11.3 Å². The van der Waals surface area contributed by atoms with Crippen molar-refractivity contribution < 1.29 is 19.1 Å². The van der Waals surface area contributed by atoms with Crippen LogP contribution in [0.15, 0.2) is 66.3 Å². The van der Waals surface area contributed by atoms with Gasteiger partial charge in [-0.1, -0.05) is 24.3 Å². The van der Waals surface area contributed by atoms with Crippen LogP contribution < -0.4 is 10.1 Å². The van der Waals surface area contributed by atoms with E-state index in [-0.39, 0.29) is 12.5 Å². The van der Waals surface area contributed by atoms with Crippen molar-refractivity contribution in [2.75, 3.05) is 14.2 Å². The van der Waals surface area contributed by atoms with Gasteiger partial charge in [-0.3, -0.25) is 4.79 Å². The Kier molecular flexibility index (Phi) is 6.27. The van der Waals surface area contributed by atoms with E-state index in [4.69, 9.17) is 9.47 Å². The molecule has 1 amide bonds. The molecule has 0 radical (unpaired) electrons. The van der Waals surface area contributed by atoms with Gasteiger partial charge in [0.2, 0.25) is 0 Å². The molecule has 0 aliphatic heterocycles. The van der Waals surface area contributed by atoms with E-state index in [2.05, 4.69) is 15.4 Å². The molecule has 0 bridgehead atoms. The average Bonchev–Trinajstić information content (AvgIpc) is 3.52. The lowest BCUT2D eigenvalue weighted by molar-refractivity contribution is 0.0597. The van der Waals surface area contributed by atoms with Crippen molar-refractivity contribution in [1.29, 1.82) is 0 Å². The standard InChI is InChI=1S/C23H20N4O4S/c1-30-20-9-8-15(10-18(20)23(29)31-2)11-24-21(28)19-14-32-22(26-19)16-12-25-27(13-16)17-6-4-3-5-7-17/h3-10,12-14H,11H2,1-2H3,(H,24,28). The molecule has 2 aromatic heterocycles. The minimum absolute atomic E-state index is 0.228. The van der Waals surface area contributed by atoms with Gasteiger partial charge in [-0.25, -0.2) is 14.5 Å². The maximum Gasteiger partial charge on any atom is 0.341 e. The van der Waals surface area contributed by atoms with E-state index in [0.717, 1.165) is 16.8 Å². The molecule has 1 N–H and O–H groups in total. The van der Waals surface area contributed by atoms with Crippen LogP contribution in [0.25, 0.3) is 16.3 Å². The van der Waals surface area contributed by atoms with Crippen molar-refractivity contribution >= 4 is 23.2 Å². The number of amides is 1. The largest absolute Gasteiger partial charge is 0.496 e. The summed E-state index contributed by atoms with van der Waals surface area (Å²) in [5.41, 5.74) is 3.13. The number of rotatable bonds is 7. The van der Waals surface area contributed by atoms with E-state index in [0.29, 0.717) is 22.0 Å². The van der Waals surface area contributed by atoms with Gasteiger partial charge in [-0.15, -0.1) is 11.3 Å². The Morgan fingerprint density at radius 3 is 2.69 bits per heavy atom. The van der Waals surface area contributed by atoms with Crippen molar-refractivity contribution in [3.8, 4) is 22.0 Å². The molecular weight excluding hydrogens is 428 g/mol. The lowest BCUT2D eigenvalue weighted by Gasteiger charge is -2.09. The summed E-state index contributed by atoms with van der Waals surface area (Å²) >= 11 is 1.37. The Hall–Kier alpha value is -3.98. The van der Waals surface area contributed by atoms with Crippen molar-refractivity contribution in [3.05, 3.63) is 83.1 Å². The molecule has 2 heterocycles. The number of hydrogen-bond acceptors (Lipinski definition) is 7.